The van der Waals surface area contributed by atoms with Gasteiger partial charge in [-0.05, 0) is 56.4 Å². The number of hydrogen-bond acceptors (Lipinski definition) is 5. The van der Waals surface area contributed by atoms with Crippen molar-refractivity contribution in [3.8, 4) is 0 Å². The van der Waals surface area contributed by atoms with Gasteiger partial charge in [0.15, 0.2) is 5.76 Å². The van der Waals surface area contributed by atoms with E-state index >= 15 is 0 Å². The maximum Gasteiger partial charge on any atom is 0.240 e. The highest BCUT2D eigenvalue weighted by atomic mass is 32.2. The summed E-state index contributed by atoms with van der Waals surface area (Å²) in [5, 5.41) is 6.84. The SMILES string of the molecule is Cc1noc(C=Cc2ccc(S(=O)(=O)NC3CCCCCC3)cc2)c1NC(=O)C1CC1. The van der Waals surface area contributed by atoms with Crippen LogP contribution in [0.5, 0.6) is 0 Å². The zero-order valence-electron chi connectivity index (χ0n) is 17.8. The topological polar surface area (TPSA) is 101 Å². The Morgan fingerprint density at radius 2 is 1.71 bits per heavy atom. The number of aromatic nitrogens is 1. The predicted octanol–water partition coefficient (Wildman–Crippen LogP) is 4.50. The van der Waals surface area contributed by atoms with E-state index < -0.39 is 10.0 Å². The molecule has 0 unspecified atom stereocenters. The molecule has 0 saturated heterocycles. The van der Waals surface area contributed by atoms with Crippen LogP contribution in [0.1, 0.15) is 68.4 Å². The fraction of sp³-hybridized carbons (Fsp3) is 0.478. The molecule has 2 fully saturated rings. The van der Waals surface area contributed by atoms with Crippen molar-refractivity contribution >= 4 is 33.8 Å². The number of amides is 1. The van der Waals surface area contributed by atoms with Crippen LogP contribution in [0.3, 0.4) is 0 Å². The quantitative estimate of drug-likeness (QED) is 0.614. The molecule has 0 radical (unpaired) electrons. The number of carbonyl (C=O) groups is 1. The van der Waals surface area contributed by atoms with Gasteiger partial charge in [0.2, 0.25) is 15.9 Å². The van der Waals surface area contributed by atoms with Crippen LogP contribution in [0.15, 0.2) is 33.7 Å². The Morgan fingerprint density at radius 3 is 2.35 bits per heavy atom. The first-order valence-corrected chi connectivity index (χ1v) is 12.5. The maximum atomic E-state index is 12.7. The van der Waals surface area contributed by atoms with Gasteiger partial charge in [0, 0.05) is 12.0 Å². The molecule has 0 atom stereocenters. The number of carbonyl (C=O) groups excluding carboxylic acids is 1. The van der Waals surface area contributed by atoms with Crippen molar-refractivity contribution in [3.63, 3.8) is 0 Å². The number of sulfonamides is 1. The van der Waals surface area contributed by atoms with E-state index in [2.05, 4.69) is 15.2 Å². The molecule has 8 heteroatoms. The van der Waals surface area contributed by atoms with Crippen LogP contribution in [0, 0.1) is 12.8 Å². The molecule has 2 aliphatic rings. The van der Waals surface area contributed by atoms with Crippen LogP contribution in [0.2, 0.25) is 0 Å². The van der Waals surface area contributed by atoms with Crippen LogP contribution in [0.25, 0.3) is 12.2 Å². The Bertz CT molecular complexity index is 1040. The van der Waals surface area contributed by atoms with Gasteiger partial charge in [-0.1, -0.05) is 49.0 Å². The summed E-state index contributed by atoms with van der Waals surface area (Å²) >= 11 is 0. The van der Waals surface area contributed by atoms with Crippen molar-refractivity contribution in [1.29, 1.82) is 0 Å². The van der Waals surface area contributed by atoms with E-state index in [1.165, 1.54) is 12.8 Å². The number of anilines is 1. The lowest BCUT2D eigenvalue weighted by Crippen LogP contribution is -2.34. The van der Waals surface area contributed by atoms with Gasteiger partial charge in [0.1, 0.15) is 11.4 Å². The summed E-state index contributed by atoms with van der Waals surface area (Å²) in [6, 6.07) is 6.75. The minimum Gasteiger partial charge on any atom is -0.354 e. The molecule has 1 heterocycles. The zero-order valence-corrected chi connectivity index (χ0v) is 18.6. The molecule has 1 aromatic heterocycles. The molecule has 0 bridgehead atoms. The number of aryl methyl sites for hydroxylation is 1. The van der Waals surface area contributed by atoms with Crippen LogP contribution in [-0.4, -0.2) is 25.5 Å². The van der Waals surface area contributed by atoms with E-state index in [9.17, 15) is 13.2 Å². The standard InChI is InChI=1S/C23H29N3O4S/c1-16-22(24-23(27)18-11-12-18)21(30-25-16)15-10-17-8-13-20(14-9-17)31(28,29)26-19-6-4-2-3-5-7-19/h8-10,13-15,18-19,26H,2-7,11-12H2,1H3,(H,24,27). The highest BCUT2D eigenvalue weighted by Crippen LogP contribution is 2.32. The molecule has 4 rings (SSSR count). The molecule has 31 heavy (non-hydrogen) atoms. The first-order chi connectivity index (χ1) is 14.9. The normalized spacial score (nSPS) is 18.2. The predicted molar refractivity (Wildman–Crippen MR) is 120 cm³/mol. The molecular formula is C23H29N3O4S. The van der Waals surface area contributed by atoms with Crippen LogP contribution >= 0.6 is 0 Å². The Labute approximate surface area is 183 Å². The van der Waals surface area contributed by atoms with Crippen molar-refractivity contribution in [2.45, 2.75) is 69.2 Å². The molecule has 1 aromatic carbocycles. The minimum atomic E-state index is -3.53. The summed E-state index contributed by atoms with van der Waals surface area (Å²) in [5.74, 6) is 0.558. The largest absolute Gasteiger partial charge is 0.354 e. The van der Waals surface area contributed by atoms with E-state index in [1.807, 2.05) is 6.08 Å². The second-order valence-electron chi connectivity index (χ2n) is 8.48. The third-order valence-corrected chi connectivity index (χ3v) is 7.42. The van der Waals surface area contributed by atoms with Crippen molar-refractivity contribution in [2.75, 3.05) is 5.32 Å². The summed E-state index contributed by atoms with van der Waals surface area (Å²) in [5.41, 5.74) is 2.03. The Morgan fingerprint density at radius 1 is 1.03 bits per heavy atom. The highest BCUT2D eigenvalue weighted by molar-refractivity contribution is 7.89. The first-order valence-electron chi connectivity index (χ1n) is 11.0. The van der Waals surface area contributed by atoms with E-state index in [1.54, 1.807) is 37.3 Å². The minimum absolute atomic E-state index is 0.00308. The highest BCUT2D eigenvalue weighted by Gasteiger charge is 2.30. The average Bonchev–Trinajstić information content (AvgIpc) is 3.57. The molecule has 2 N–H and O–H groups in total. The molecule has 7 nitrogen and oxygen atoms in total. The van der Waals surface area contributed by atoms with Gasteiger partial charge < -0.3 is 9.84 Å². The number of benzene rings is 1. The van der Waals surface area contributed by atoms with E-state index in [-0.39, 0.29) is 22.8 Å². The Kier molecular flexibility index (Phi) is 6.57. The number of hydrogen-bond donors (Lipinski definition) is 2. The molecule has 166 valence electrons. The number of nitrogens with zero attached hydrogens (tertiary/aromatic N) is 1. The third-order valence-electron chi connectivity index (χ3n) is 5.88. The zero-order chi connectivity index (χ0) is 21.8. The lowest BCUT2D eigenvalue weighted by atomic mass is 10.1. The second kappa shape index (κ2) is 9.36. The fourth-order valence-electron chi connectivity index (χ4n) is 3.84. The summed E-state index contributed by atoms with van der Waals surface area (Å²) in [4.78, 5) is 12.3. The average molecular weight is 444 g/mol. The van der Waals surface area contributed by atoms with Crippen LogP contribution < -0.4 is 10.0 Å². The molecule has 2 aromatic rings. The van der Waals surface area contributed by atoms with Gasteiger partial charge in [0.25, 0.3) is 0 Å². The summed E-state index contributed by atoms with van der Waals surface area (Å²) in [6.45, 7) is 1.78. The van der Waals surface area contributed by atoms with Crippen molar-refractivity contribution < 1.29 is 17.7 Å². The summed E-state index contributed by atoms with van der Waals surface area (Å²) in [6.07, 6.45) is 11.7. The van der Waals surface area contributed by atoms with E-state index in [0.717, 1.165) is 44.1 Å². The Balaban J connectivity index is 1.42. The van der Waals surface area contributed by atoms with Crippen LogP contribution in [0.4, 0.5) is 5.69 Å². The molecule has 2 aliphatic carbocycles. The fourth-order valence-corrected chi connectivity index (χ4v) is 5.14. The lowest BCUT2D eigenvalue weighted by molar-refractivity contribution is -0.117. The summed E-state index contributed by atoms with van der Waals surface area (Å²) < 4.78 is 33.6. The molecule has 0 aliphatic heterocycles. The van der Waals surface area contributed by atoms with Gasteiger partial charge in [0.05, 0.1) is 4.90 Å². The maximum absolute atomic E-state index is 12.7. The van der Waals surface area contributed by atoms with Crippen molar-refractivity contribution in [1.82, 2.24) is 9.88 Å². The molecule has 1 amide bonds. The Hall–Kier alpha value is -2.45. The van der Waals surface area contributed by atoms with Gasteiger partial charge in [-0.2, -0.15) is 0 Å². The third kappa shape index (κ3) is 5.62. The number of rotatable bonds is 7. The number of nitrogens with one attached hydrogen (secondary N) is 2. The molecule has 2 saturated carbocycles. The second-order valence-corrected chi connectivity index (χ2v) is 10.2. The van der Waals surface area contributed by atoms with Gasteiger partial charge in [-0.25, -0.2) is 13.1 Å². The van der Waals surface area contributed by atoms with Crippen LogP contribution in [-0.2, 0) is 14.8 Å². The van der Waals surface area contributed by atoms with Gasteiger partial charge in [-0.3, -0.25) is 4.79 Å². The van der Waals surface area contributed by atoms with E-state index in [0.29, 0.717) is 17.1 Å². The molecular weight excluding hydrogens is 414 g/mol. The lowest BCUT2D eigenvalue weighted by Gasteiger charge is -2.16. The van der Waals surface area contributed by atoms with Crippen molar-refractivity contribution in [2.24, 2.45) is 5.92 Å². The van der Waals surface area contributed by atoms with Gasteiger partial charge >= 0.3 is 0 Å². The smallest absolute Gasteiger partial charge is 0.240 e. The van der Waals surface area contributed by atoms with Gasteiger partial charge in [-0.15, -0.1) is 0 Å². The van der Waals surface area contributed by atoms with Crippen molar-refractivity contribution in [3.05, 3.63) is 41.3 Å². The molecule has 0 spiro atoms. The summed E-state index contributed by atoms with van der Waals surface area (Å²) in [7, 11) is -3.53. The first kappa shape index (κ1) is 21.8. The monoisotopic (exact) mass is 443 g/mol. The van der Waals surface area contributed by atoms with E-state index in [4.69, 9.17) is 4.52 Å².